The van der Waals surface area contributed by atoms with Gasteiger partial charge in [0, 0.05) is 23.5 Å². The summed E-state index contributed by atoms with van der Waals surface area (Å²) >= 11 is 0. The average molecular weight is 449 g/mol. The van der Waals surface area contributed by atoms with Crippen molar-refractivity contribution >= 4 is 11.6 Å². The Bertz CT molecular complexity index is 983. The number of nitrogens with zero attached hydrogens (tertiary/aromatic N) is 2. The molecule has 1 aromatic carbocycles. The maximum absolute atomic E-state index is 13.6. The summed E-state index contributed by atoms with van der Waals surface area (Å²) < 4.78 is 12.4. The highest BCUT2D eigenvalue weighted by Gasteiger charge is 2.47. The first-order chi connectivity index (χ1) is 16.2. The molecule has 0 N–H and O–H groups in total. The summed E-state index contributed by atoms with van der Waals surface area (Å²) in [6.45, 7) is 0. The quantitative estimate of drug-likeness (QED) is 0.434. The van der Waals surface area contributed by atoms with E-state index in [1.807, 2.05) is 11.1 Å². The van der Waals surface area contributed by atoms with Gasteiger partial charge in [0.2, 0.25) is 5.91 Å². The zero-order valence-electron chi connectivity index (χ0n) is 19.9. The molecule has 0 bridgehead atoms. The fourth-order valence-electron chi connectivity index (χ4n) is 6.98. The molecule has 33 heavy (non-hydrogen) atoms. The molecule has 2 fully saturated rings. The summed E-state index contributed by atoms with van der Waals surface area (Å²) in [5.41, 5.74) is 3.46. The number of methoxy groups -OCH3 is 1. The van der Waals surface area contributed by atoms with E-state index in [9.17, 15) is 4.79 Å². The van der Waals surface area contributed by atoms with Crippen molar-refractivity contribution in [3.63, 3.8) is 0 Å². The summed E-state index contributed by atoms with van der Waals surface area (Å²) in [5, 5.41) is 7.12. The number of hydrogen-bond donors (Lipinski definition) is 0. The topological polar surface area (TPSA) is 51.1 Å². The van der Waals surface area contributed by atoms with Crippen molar-refractivity contribution in [2.45, 2.75) is 95.1 Å². The molecule has 1 spiro atoms. The number of carbonyl (C=O) groups is 1. The minimum Gasteiger partial charge on any atom is -0.493 e. The van der Waals surface area contributed by atoms with E-state index < -0.39 is 0 Å². The van der Waals surface area contributed by atoms with Gasteiger partial charge in [0.15, 0.2) is 11.5 Å². The fraction of sp³-hybridized carbons (Fsp3) is 0.643. The molecule has 0 saturated heterocycles. The molecule has 2 aliphatic heterocycles. The summed E-state index contributed by atoms with van der Waals surface area (Å²) in [4.78, 5) is 13.6. The number of benzene rings is 1. The normalized spacial score (nSPS) is 28.8. The lowest BCUT2D eigenvalue weighted by atomic mass is 9.75. The number of amides is 1. The zero-order valence-corrected chi connectivity index (χ0v) is 19.9. The van der Waals surface area contributed by atoms with E-state index in [1.165, 1.54) is 49.7 Å². The van der Waals surface area contributed by atoms with E-state index in [1.54, 1.807) is 7.11 Å². The third kappa shape index (κ3) is 3.59. The smallest absolute Gasteiger partial charge is 0.247 e. The first-order valence-corrected chi connectivity index (χ1v) is 13.1. The summed E-state index contributed by atoms with van der Waals surface area (Å²) in [7, 11) is 1.73. The maximum Gasteiger partial charge on any atom is 0.247 e. The zero-order chi connectivity index (χ0) is 22.4. The summed E-state index contributed by atoms with van der Waals surface area (Å²) in [5.74, 6) is 2.15. The molecular formula is C28H36N2O3. The molecular weight excluding hydrogens is 412 g/mol. The number of hydrogen-bond acceptors (Lipinski definition) is 4. The fourth-order valence-corrected chi connectivity index (χ4v) is 6.98. The second kappa shape index (κ2) is 8.48. The number of hydrazone groups is 1. The minimum atomic E-state index is -0.0798. The van der Waals surface area contributed by atoms with Crippen LogP contribution in [0.15, 0.2) is 29.4 Å². The Balaban J connectivity index is 1.44. The lowest BCUT2D eigenvalue weighted by Crippen LogP contribution is -2.49. The number of ether oxygens (including phenoxy) is 2. The highest BCUT2D eigenvalue weighted by atomic mass is 16.5. The predicted molar refractivity (Wildman–Crippen MR) is 129 cm³/mol. The predicted octanol–water partition coefficient (Wildman–Crippen LogP) is 5.79. The largest absolute Gasteiger partial charge is 0.493 e. The van der Waals surface area contributed by atoms with E-state index >= 15 is 0 Å². The number of carbonyl (C=O) groups excluding carboxylic acids is 1. The van der Waals surface area contributed by atoms with Gasteiger partial charge in [-0.2, -0.15) is 5.10 Å². The number of rotatable bonds is 3. The molecule has 1 amide bonds. The van der Waals surface area contributed by atoms with Gasteiger partial charge in [-0.25, -0.2) is 5.01 Å². The van der Waals surface area contributed by atoms with Crippen LogP contribution in [-0.2, 0) is 11.2 Å². The molecule has 3 aliphatic carbocycles. The molecule has 5 aliphatic rings. The van der Waals surface area contributed by atoms with Gasteiger partial charge < -0.3 is 9.47 Å². The lowest BCUT2D eigenvalue weighted by Gasteiger charge is -2.40. The summed E-state index contributed by atoms with van der Waals surface area (Å²) in [6.07, 6.45) is 18.8. The Kier molecular flexibility index (Phi) is 5.46. The Morgan fingerprint density at radius 2 is 1.73 bits per heavy atom. The van der Waals surface area contributed by atoms with E-state index in [-0.39, 0.29) is 29.4 Å². The first-order valence-electron chi connectivity index (χ1n) is 13.1. The Morgan fingerprint density at radius 1 is 1.00 bits per heavy atom. The molecule has 176 valence electrons. The van der Waals surface area contributed by atoms with Gasteiger partial charge in [-0.3, -0.25) is 4.79 Å². The molecule has 5 heteroatoms. The van der Waals surface area contributed by atoms with Crippen LogP contribution in [0, 0.1) is 11.8 Å². The summed E-state index contributed by atoms with van der Waals surface area (Å²) in [6, 6.07) is 4.47. The van der Waals surface area contributed by atoms with Gasteiger partial charge in [-0.05, 0) is 63.5 Å². The second-order valence-corrected chi connectivity index (χ2v) is 10.8. The van der Waals surface area contributed by atoms with Gasteiger partial charge in [-0.1, -0.05) is 37.8 Å². The maximum atomic E-state index is 13.6. The van der Waals surface area contributed by atoms with Crippen molar-refractivity contribution in [3.05, 3.63) is 35.4 Å². The molecule has 0 radical (unpaired) electrons. The standard InChI is InChI=1S/C28H36N2O3/c1-32-24-15-14-21(23-18-28(33-26(23)24)16-8-9-17-28)25-20-12-6-7-13-22(20)27(31)30(29-25)19-10-4-2-3-5-11-19/h6-7,14-15,19-20,22H,2-5,8-13,16-18H2,1H3. The molecule has 2 saturated carbocycles. The van der Waals surface area contributed by atoms with Gasteiger partial charge in [-0.15, -0.1) is 0 Å². The third-order valence-corrected chi connectivity index (χ3v) is 8.77. The third-order valence-electron chi connectivity index (χ3n) is 8.77. The monoisotopic (exact) mass is 448 g/mol. The molecule has 1 aromatic rings. The molecule has 5 nitrogen and oxygen atoms in total. The van der Waals surface area contributed by atoms with Crippen LogP contribution in [0.4, 0.5) is 0 Å². The minimum absolute atomic E-state index is 0.00580. The van der Waals surface area contributed by atoms with E-state index in [0.29, 0.717) is 0 Å². The van der Waals surface area contributed by atoms with Crippen LogP contribution in [0.25, 0.3) is 0 Å². The average Bonchev–Trinajstić information content (AvgIpc) is 3.36. The van der Waals surface area contributed by atoms with Crippen molar-refractivity contribution in [2.75, 3.05) is 7.11 Å². The first kappa shape index (κ1) is 21.2. The molecule has 6 rings (SSSR count). The van der Waals surface area contributed by atoms with Crippen LogP contribution in [0.3, 0.4) is 0 Å². The Labute approximate surface area is 197 Å². The van der Waals surface area contributed by atoms with Gasteiger partial charge >= 0.3 is 0 Å². The van der Waals surface area contributed by atoms with Gasteiger partial charge in [0.25, 0.3) is 0 Å². The van der Waals surface area contributed by atoms with Crippen LogP contribution in [0.2, 0.25) is 0 Å². The van der Waals surface area contributed by atoms with Crippen molar-refractivity contribution in [2.24, 2.45) is 16.9 Å². The van der Waals surface area contributed by atoms with Crippen molar-refractivity contribution in [1.82, 2.24) is 5.01 Å². The second-order valence-electron chi connectivity index (χ2n) is 10.8. The molecule has 2 unspecified atom stereocenters. The van der Waals surface area contributed by atoms with Gasteiger partial charge in [0.1, 0.15) is 5.60 Å². The lowest BCUT2D eigenvalue weighted by molar-refractivity contribution is -0.140. The molecule has 2 atom stereocenters. The van der Waals surface area contributed by atoms with Crippen molar-refractivity contribution in [3.8, 4) is 11.5 Å². The number of allylic oxidation sites excluding steroid dienone is 2. The highest BCUT2D eigenvalue weighted by Crippen LogP contribution is 2.51. The van der Waals surface area contributed by atoms with Crippen LogP contribution in [0.1, 0.15) is 88.2 Å². The van der Waals surface area contributed by atoms with Crippen molar-refractivity contribution in [1.29, 1.82) is 0 Å². The van der Waals surface area contributed by atoms with Gasteiger partial charge in [0.05, 0.1) is 24.8 Å². The number of fused-ring (bicyclic) bond motifs is 2. The van der Waals surface area contributed by atoms with Crippen LogP contribution >= 0.6 is 0 Å². The highest BCUT2D eigenvalue weighted by molar-refractivity contribution is 6.08. The van der Waals surface area contributed by atoms with Crippen LogP contribution in [0.5, 0.6) is 11.5 Å². The van der Waals surface area contributed by atoms with Crippen molar-refractivity contribution < 1.29 is 14.3 Å². The Morgan fingerprint density at radius 3 is 2.45 bits per heavy atom. The van der Waals surface area contributed by atoms with Crippen LogP contribution < -0.4 is 9.47 Å². The Hall–Kier alpha value is -2.30. The molecule has 0 aromatic heterocycles. The molecule has 2 heterocycles. The van der Waals surface area contributed by atoms with E-state index in [2.05, 4.69) is 18.2 Å². The van der Waals surface area contributed by atoms with E-state index in [0.717, 1.165) is 62.2 Å². The SMILES string of the molecule is COc1ccc(C2=NN(C3CCCCCC3)C(=O)C3CC=CCC23)c2c1OC1(CCCC1)C2. The van der Waals surface area contributed by atoms with Crippen LogP contribution in [-0.4, -0.2) is 35.4 Å². The van der Waals surface area contributed by atoms with E-state index in [4.69, 9.17) is 14.6 Å².